The predicted octanol–water partition coefficient (Wildman–Crippen LogP) is 3.85. The van der Waals surface area contributed by atoms with E-state index in [-0.39, 0.29) is 0 Å². The van der Waals surface area contributed by atoms with Crippen molar-refractivity contribution in [2.24, 2.45) is 0 Å². The smallest absolute Gasteiger partial charge is 0.155 e. The van der Waals surface area contributed by atoms with E-state index in [2.05, 4.69) is 64.6 Å². The Labute approximate surface area is 122 Å². The van der Waals surface area contributed by atoms with Crippen LogP contribution in [0.2, 0.25) is 6.55 Å². The van der Waals surface area contributed by atoms with E-state index in [1.165, 1.54) is 32.6 Å². The summed E-state index contributed by atoms with van der Waals surface area (Å²) < 4.78 is 0. The zero-order valence-corrected chi connectivity index (χ0v) is 14.1. The topological polar surface area (TPSA) is 0 Å². The summed E-state index contributed by atoms with van der Waals surface area (Å²) in [4.78, 5) is 0. The third-order valence-corrected chi connectivity index (χ3v) is 8.52. The predicted molar refractivity (Wildman–Crippen MR) is 88.6 cm³/mol. The zero-order chi connectivity index (χ0) is 14.2. The normalized spacial score (nSPS) is 14.2. The minimum Gasteiger partial charge on any atom is -0.155 e. The molecule has 0 bridgehead atoms. The third kappa shape index (κ3) is 2.50. The molecule has 2 rings (SSSR count). The maximum atomic E-state index is 7.03. The quantitative estimate of drug-likeness (QED) is 0.582. The van der Waals surface area contributed by atoms with E-state index < -0.39 is 7.38 Å². The van der Waals surface area contributed by atoms with Crippen LogP contribution in [0.25, 0.3) is 0 Å². The molecule has 0 saturated carbocycles. The molecule has 0 fully saturated rings. The van der Waals surface area contributed by atoms with Crippen LogP contribution in [0.3, 0.4) is 0 Å². The van der Waals surface area contributed by atoms with E-state index in [0.717, 1.165) is 0 Å². The molecule has 0 aliphatic heterocycles. The van der Waals surface area contributed by atoms with Crippen molar-refractivity contribution >= 4 is 28.8 Å². The molecule has 0 heterocycles. The average molecular weight is 289 g/mol. The van der Waals surface area contributed by atoms with Crippen LogP contribution in [-0.4, -0.2) is 7.38 Å². The molecule has 0 spiro atoms. The average Bonchev–Trinajstić information content (AvgIpc) is 2.41. The lowest BCUT2D eigenvalue weighted by molar-refractivity contribution is 1.23. The molecule has 0 saturated heterocycles. The highest BCUT2D eigenvalue weighted by atomic mass is 35.6. The minimum absolute atomic E-state index is 1.28. The number of halogens is 1. The van der Waals surface area contributed by atoms with Gasteiger partial charge in [0.05, 0.1) is 0 Å². The van der Waals surface area contributed by atoms with Gasteiger partial charge in [-0.25, -0.2) is 0 Å². The summed E-state index contributed by atoms with van der Waals surface area (Å²) in [5.74, 6) is 0. The second kappa shape index (κ2) is 5.14. The summed E-state index contributed by atoms with van der Waals surface area (Å²) in [6, 6.07) is 12.8. The van der Waals surface area contributed by atoms with Gasteiger partial charge < -0.3 is 0 Å². The van der Waals surface area contributed by atoms with Crippen molar-refractivity contribution in [3.8, 4) is 0 Å². The van der Waals surface area contributed by atoms with Gasteiger partial charge in [0.1, 0.15) is 0 Å². The summed E-state index contributed by atoms with van der Waals surface area (Å²) in [5, 5.41) is 2.63. The summed E-state index contributed by atoms with van der Waals surface area (Å²) in [7, 11) is -2.11. The van der Waals surface area contributed by atoms with Crippen LogP contribution in [0.4, 0.5) is 0 Å². The molecule has 2 heteroatoms. The van der Waals surface area contributed by atoms with Gasteiger partial charge in [0.25, 0.3) is 0 Å². The van der Waals surface area contributed by atoms with Crippen LogP contribution in [0.5, 0.6) is 0 Å². The van der Waals surface area contributed by atoms with Crippen molar-refractivity contribution in [3.05, 3.63) is 58.7 Å². The van der Waals surface area contributed by atoms with Gasteiger partial charge >= 0.3 is 0 Å². The molecule has 0 aromatic heterocycles. The first-order valence-electron chi connectivity index (χ1n) is 6.68. The molecule has 2 aromatic rings. The van der Waals surface area contributed by atoms with Crippen LogP contribution >= 0.6 is 11.1 Å². The lowest BCUT2D eigenvalue weighted by Gasteiger charge is -2.25. The van der Waals surface area contributed by atoms with Crippen molar-refractivity contribution < 1.29 is 0 Å². The fourth-order valence-electron chi connectivity index (χ4n) is 2.61. The molecule has 1 unspecified atom stereocenters. The van der Waals surface area contributed by atoms with Crippen molar-refractivity contribution in [1.29, 1.82) is 0 Å². The van der Waals surface area contributed by atoms with Gasteiger partial charge in [-0.1, -0.05) is 36.4 Å². The van der Waals surface area contributed by atoms with Gasteiger partial charge in [0.15, 0.2) is 0 Å². The van der Waals surface area contributed by atoms with Crippen molar-refractivity contribution in [3.63, 3.8) is 0 Å². The van der Waals surface area contributed by atoms with Gasteiger partial charge in [0, 0.05) is 0 Å². The minimum atomic E-state index is -2.11. The Hall–Kier alpha value is -1.05. The molecule has 0 aliphatic carbocycles. The molecule has 19 heavy (non-hydrogen) atoms. The molecular formula is C17H21ClSi. The molecule has 0 nitrogen and oxygen atoms in total. The van der Waals surface area contributed by atoms with Gasteiger partial charge in [-0.3, -0.25) is 0 Å². The van der Waals surface area contributed by atoms with Crippen molar-refractivity contribution in [2.45, 2.75) is 34.2 Å². The van der Waals surface area contributed by atoms with E-state index in [4.69, 9.17) is 11.1 Å². The molecule has 100 valence electrons. The molecule has 0 radical (unpaired) electrons. The Balaban J connectivity index is 2.65. The molecule has 2 aromatic carbocycles. The van der Waals surface area contributed by atoms with E-state index in [9.17, 15) is 0 Å². The fourth-order valence-corrected chi connectivity index (χ4v) is 6.08. The van der Waals surface area contributed by atoms with Crippen LogP contribution in [0.1, 0.15) is 22.3 Å². The molecule has 0 amide bonds. The first kappa shape index (κ1) is 14.4. The Morgan fingerprint density at radius 2 is 1.42 bits per heavy atom. The van der Waals surface area contributed by atoms with Crippen LogP contribution in [-0.2, 0) is 0 Å². The first-order valence-corrected chi connectivity index (χ1v) is 10.2. The van der Waals surface area contributed by atoms with E-state index in [1.807, 2.05) is 6.07 Å². The van der Waals surface area contributed by atoms with Crippen molar-refractivity contribution in [1.82, 2.24) is 0 Å². The highest BCUT2D eigenvalue weighted by Gasteiger charge is 2.32. The lowest BCUT2D eigenvalue weighted by Crippen LogP contribution is -2.52. The molecular weight excluding hydrogens is 268 g/mol. The summed E-state index contributed by atoms with van der Waals surface area (Å²) in [6.45, 7) is 11.0. The molecule has 0 N–H and O–H groups in total. The Morgan fingerprint density at radius 1 is 0.842 bits per heavy atom. The van der Waals surface area contributed by atoms with Crippen LogP contribution in [0, 0.1) is 27.7 Å². The maximum Gasteiger partial charge on any atom is 0.214 e. The Morgan fingerprint density at radius 3 is 2.00 bits per heavy atom. The first-order chi connectivity index (χ1) is 8.85. The van der Waals surface area contributed by atoms with Gasteiger partial charge in [-0.15, -0.1) is 0 Å². The van der Waals surface area contributed by atoms with Crippen LogP contribution in [0.15, 0.2) is 36.4 Å². The van der Waals surface area contributed by atoms with Crippen LogP contribution < -0.4 is 10.4 Å². The highest BCUT2D eigenvalue weighted by molar-refractivity contribution is 7.33. The van der Waals surface area contributed by atoms with E-state index in [0.29, 0.717) is 0 Å². The van der Waals surface area contributed by atoms with E-state index in [1.54, 1.807) is 0 Å². The number of aryl methyl sites for hydroxylation is 1. The van der Waals surface area contributed by atoms with Crippen molar-refractivity contribution in [2.75, 3.05) is 0 Å². The largest absolute Gasteiger partial charge is 0.214 e. The zero-order valence-electron chi connectivity index (χ0n) is 12.3. The van der Waals surface area contributed by atoms with Gasteiger partial charge in [-0.05, 0) is 66.9 Å². The maximum absolute atomic E-state index is 7.03. The second-order valence-electron chi connectivity index (χ2n) is 5.49. The van der Waals surface area contributed by atoms with Gasteiger partial charge in [0.2, 0.25) is 7.38 Å². The number of benzene rings is 2. The molecule has 0 aliphatic rings. The Bertz CT molecular complexity index is 600. The summed E-state index contributed by atoms with van der Waals surface area (Å²) in [5.41, 5.74) is 5.46. The molecule has 1 atom stereocenters. The number of rotatable bonds is 2. The summed E-state index contributed by atoms with van der Waals surface area (Å²) in [6.07, 6.45) is 0. The second-order valence-corrected chi connectivity index (χ2v) is 10.9. The van der Waals surface area contributed by atoms with E-state index >= 15 is 0 Å². The highest BCUT2D eigenvalue weighted by Crippen LogP contribution is 2.20. The standard InChI is InChI=1S/C17H21ClSi/c1-12-11-17(15(4)14(3)13(12)2)19(5,18)16-9-7-6-8-10-16/h6-11H,1-5H3. The monoisotopic (exact) mass is 288 g/mol. The fraction of sp³-hybridized carbons (Fsp3) is 0.294. The number of hydrogen-bond donors (Lipinski definition) is 0. The lowest BCUT2D eigenvalue weighted by atomic mass is 10.00. The number of hydrogen-bond acceptors (Lipinski definition) is 0. The SMILES string of the molecule is Cc1cc([Si](C)(Cl)c2ccccc2)c(C)c(C)c1C. The Kier molecular flexibility index (Phi) is 3.89. The van der Waals surface area contributed by atoms with Gasteiger partial charge in [-0.2, -0.15) is 11.1 Å². The summed E-state index contributed by atoms with van der Waals surface area (Å²) >= 11 is 7.03. The third-order valence-electron chi connectivity index (χ3n) is 4.30.